The summed E-state index contributed by atoms with van der Waals surface area (Å²) in [4.78, 5) is 58.6. The van der Waals surface area contributed by atoms with E-state index in [4.69, 9.17) is 21.4 Å². The molecule has 2 aromatic rings. The van der Waals surface area contributed by atoms with E-state index in [1.165, 1.54) is 33.6 Å². The molecule has 4 heterocycles. The second-order valence-corrected chi connectivity index (χ2v) is 10.5. The zero-order chi connectivity index (χ0) is 27.4. The summed E-state index contributed by atoms with van der Waals surface area (Å²) in [7, 11) is 0. The fraction of sp³-hybridized carbons (Fsp3) is 0.389. The summed E-state index contributed by atoms with van der Waals surface area (Å²) in [6.07, 6.45) is 0. The highest BCUT2D eigenvalue weighted by molar-refractivity contribution is 8.01. The van der Waals surface area contributed by atoms with Gasteiger partial charge in [-0.15, -0.1) is 28.2 Å². The number of carboxylic acids is 2. The van der Waals surface area contributed by atoms with Gasteiger partial charge in [0.1, 0.15) is 22.8 Å². The SMILES string of the molecule is NCCn1nnnc1SCC1=C(C(=O)O)N2C(=O)C(NC(=O)/C(=N/OCC(=O)O)c3csc(N)n3)[C@H]2SC1. The van der Waals surface area contributed by atoms with Crippen molar-refractivity contribution in [2.24, 2.45) is 10.9 Å². The Morgan fingerprint density at radius 1 is 1.34 bits per heavy atom. The third-order valence-corrected chi connectivity index (χ3v) is 8.13. The maximum Gasteiger partial charge on any atom is 0.352 e. The molecule has 20 heteroatoms. The zero-order valence-electron chi connectivity index (χ0n) is 19.2. The van der Waals surface area contributed by atoms with Gasteiger partial charge in [0.2, 0.25) is 11.8 Å². The molecule has 0 saturated carbocycles. The Hall–Kier alpha value is -3.75. The first-order chi connectivity index (χ1) is 18.2. The first-order valence-electron chi connectivity index (χ1n) is 10.6. The molecule has 1 saturated heterocycles. The number of fused-ring (bicyclic) bond motifs is 1. The quantitative estimate of drug-likeness (QED) is 0.0783. The summed E-state index contributed by atoms with van der Waals surface area (Å²) >= 11 is 3.51. The molecular formula is C18H20N10O7S3. The van der Waals surface area contributed by atoms with E-state index < -0.39 is 41.8 Å². The number of nitrogen functional groups attached to an aromatic ring is 1. The predicted octanol–water partition coefficient (Wildman–Crippen LogP) is -1.99. The Balaban J connectivity index is 1.48. The lowest BCUT2D eigenvalue weighted by atomic mass is 10.0. The molecule has 1 unspecified atom stereocenters. The van der Waals surface area contributed by atoms with Gasteiger partial charge in [-0.3, -0.25) is 14.5 Å². The molecule has 2 amide bonds. The molecule has 1 fully saturated rings. The normalized spacial score (nSPS) is 19.1. The first kappa shape index (κ1) is 27.3. The van der Waals surface area contributed by atoms with Gasteiger partial charge < -0.3 is 31.8 Å². The molecule has 2 aliphatic rings. The number of carboxylic acid groups (broad SMARTS) is 2. The number of hydrogen-bond donors (Lipinski definition) is 5. The second-order valence-electron chi connectivity index (χ2n) is 7.56. The summed E-state index contributed by atoms with van der Waals surface area (Å²) in [5.41, 5.74) is 11.1. The lowest BCUT2D eigenvalue weighted by molar-refractivity contribution is -0.150. The lowest BCUT2D eigenvalue weighted by Gasteiger charge is -2.49. The number of hydrogen-bond acceptors (Lipinski definition) is 15. The number of thioether (sulfide) groups is 2. The van der Waals surface area contributed by atoms with Crippen LogP contribution in [0.1, 0.15) is 5.69 Å². The van der Waals surface area contributed by atoms with E-state index in [-0.39, 0.29) is 33.7 Å². The van der Waals surface area contributed by atoms with Crippen LogP contribution in [0.5, 0.6) is 0 Å². The van der Waals surface area contributed by atoms with E-state index in [1.807, 2.05) is 0 Å². The van der Waals surface area contributed by atoms with Crippen molar-refractivity contribution in [2.45, 2.75) is 23.1 Å². The smallest absolute Gasteiger partial charge is 0.352 e. The van der Waals surface area contributed by atoms with Gasteiger partial charge in [-0.2, -0.15) is 0 Å². The molecule has 17 nitrogen and oxygen atoms in total. The third kappa shape index (κ3) is 5.71. The van der Waals surface area contributed by atoms with Gasteiger partial charge in [0, 0.05) is 23.4 Å². The maximum absolute atomic E-state index is 13.0. The molecule has 2 atom stereocenters. The van der Waals surface area contributed by atoms with Crippen LogP contribution in [-0.4, -0.2) is 106 Å². The Bertz CT molecular complexity index is 1330. The number of nitrogens with two attached hydrogens (primary N) is 2. The lowest BCUT2D eigenvalue weighted by Crippen LogP contribution is -2.71. The summed E-state index contributed by atoms with van der Waals surface area (Å²) in [5.74, 6) is -3.60. The van der Waals surface area contributed by atoms with Crippen molar-refractivity contribution in [2.75, 3.05) is 30.4 Å². The number of thiazole rings is 1. The number of anilines is 1. The molecule has 0 aliphatic carbocycles. The van der Waals surface area contributed by atoms with Gasteiger partial charge in [-0.05, 0) is 16.0 Å². The number of carbonyl (C=O) groups is 4. The minimum atomic E-state index is -1.31. The van der Waals surface area contributed by atoms with Crippen LogP contribution in [0.3, 0.4) is 0 Å². The number of rotatable bonds is 12. The number of carbonyl (C=O) groups excluding carboxylic acids is 2. The van der Waals surface area contributed by atoms with Crippen LogP contribution >= 0.6 is 34.9 Å². The fourth-order valence-corrected chi connectivity index (χ4v) is 6.41. The van der Waals surface area contributed by atoms with Crippen molar-refractivity contribution < 1.29 is 34.2 Å². The summed E-state index contributed by atoms with van der Waals surface area (Å²) in [6, 6.07) is -1.06. The minimum absolute atomic E-state index is 0.0257. The highest BCUT2D eigenvalue weighted by Crippen LogP contribution is 2.41. The average molecular weight is 585 g/mol. The van der Waals surface area contributed by atoms with Crippen molar-refractivity contribution in [3.63, 3.8) is 0 Å². The molecular weight excluding hydrogens is 564 g/mol. The molecule has 2 aromatic heterocycles. The first-order valence-corrected chi connectivity index (χ1v) is 13.6. The topological polar surface area (TPSA) is 254 Å². The number of aliphatic carboxylic acids is 2. The van der Waals surface area contributed by atoms with Crippen LogP contribution in [0, 0.1) is 0 Å². The van der Waals surface area contributed by atoms with Gasteiger partial charge in [0.05, 0.1) is 6.54 Å². The van der Waals surface area contributed by atoms with Crippen molar-refractivity contribution in [1.29, 1.82) is 0 Å². The van der Waals surface area contributed by atoms with E-state index in [1.54, 1.807) is 0 Å². The summed E-state index contributed by atoms with van der Waals surface area (Å²) < 4.78 is 1.50. The molecule has 202 valence electrons. The highest BCUT2D eigenvalue weighted by atomic mass is 32.2. The number of nitrogens with one attached hydrogen (secondary N) is 1. The van der Waals surface area contributed by atoms with Crippen molar-refractivity contribution in [3.05, 3.63) is 22.3 Å². The van der Waals surface area contributed by atoms with Gasteiger partial charge in [0.25, 0.3) is 11.8 Å². The van der Waals surface area contributed by atoms with Crippen LogP contribution in [0.15, 0.2) is 27.0 Å². The van der Waals surface area contributed by atoms with Gasteiger partial charge in [0.15, 0.2) is 10.8 Å². The Morgan fingerprint density at radius 3 is 2.79 bits per heavy atom. The Labute approximate surface area is 225 Å². The van der Waals surface area contributed by atoms with E-state index in [0.29, 0.717) is 23.8 Å². The van der Waals surface area contributed by atoms with E-state index >= 15 is 0 Å². The largest absolute Gasteiger partial charge is 0.479 e. The number of oxime groups is 1. The van der Waals surface area contributed by atoms with Crippen LogP contribution in [-0.2, 0) is 30.6 Å². The second kappa shape index (κ2) is 11.8. The van der Waals surface area contributed by atoms with Crippen LogP contribution in [0.2, 0.25) is 0 Å². The van der Waals surface area contributed by atoms with Crippen LogP contribution in [0.4, 0.5) is 5.13 Å². The van der Waals surface area contributed by atoms with Crippen molar-refractivity contribution in [1.82, 2.24) is 35.4 Å². The maximum atomic E-state index is 13.0. The molecule has 38 heavy (non-hydrogen) atoms. The number of amides is 2. The van der Waals surface area contributed by atoms with Crippen LogP contribution in [0.25, 0.3) is 0 Å². The van der Waals surface area contributed by atoms with E-state index in [9.17, 15) is 24.3 Å². The van der Waals surface area contributed by atoms with E-state index in [2.05, 4.69) is 31.0 Å². The fourth-order valence-electron chi connectivity index (χ4n) is 3.47. The molecule has 0 bridgehead atoms. The standard InChI is InChI=1S/C18H20N10O7S3/c19-1-2-27-18(23-25-26-27)38-5-7-4-36-15-11(14(32)28(15)12(7)16(33)34)22-13(31)10(24-35-3-9(29)30)8-6-37-17(20)21-8/h6,11,15H,1-5,19H2,(H2,20,21)(H,22,31)(H,29,30)(H,33,34)/b24-10+/t11?,15-/m1/s1. The molecule has 0 aromatic carbocycles. The monoisotopic (exact) mass is 584 g/mol. The number of β-lactam (4-membered cyclic amide) rings is 1. The molecule has 2 aliphatic heterocycles. The van der Waals surface area contributed by atoms with Crippen molar-refractivity contribution in [3.8, 4) is 0 Å². The summed E-state index contributed by atoms with van der Waals surface area (Å²) in [5, 5.41) is 37.4. The van der Waals surface area contributed by atoms with Gasteiger partial charge >= 0.3 is 11.9 Å². The van der Waals surface area contributed by atoms with E-state index in [0.717, 1.165) is 16.2 Å². The van der Waals surface area contributed by atoms with Gasteiger partial charge in [-0.1, -0.05) is 16.9 Å². The zero-order valence-corrected chi connectivity index (χ0v) is 21.7. The molecule has 7 N–H and O–H groups in total. The summed E-state index contributed by atoms with van der Waals surface area (Å²) in [6.45, 7) is -0.0944. The predicted molar refractivity (Wildman–Crippen MR) is 134 cm³/mol. The molecule has 0 spiro atoms. The molecule has 4 rings (SSSR count). The number of aromatic nitrogens is 5. The third-order valence-electron chi connectivity index (χ3n) is 5.08. The Morgan fingerprint density at radius 2 is 2.13 bits per heavy atom. The molecule has 0 radical (unpaired) electrons. The minimum Gasteiger partial charge on any atom is -0.479 e. The van der Waals surface area contributed by atoms with Crippen LogP contribution < -0.4 is 16.8 Å². The van der Waals surface area contributed by atoms with Gasteiger partial charge in [-0.25, -0.2) is 19.3 Å². The Kier molecular flexibility index (Phi) is 8.44. The van der Waals surface area contributed by atoms with Crippen molar-refractivity contribution >= 4 is 69.5 Å². The number of nitrogens with zero attached hydrogens (tertiary/aromatic N) is 7. The number of tetrazole rings is 1. The average Bonchev–Trinajstić information content (AvgIpc) is 3.51. The highest BCUT2D eigenvalue weighted by Gasteiger charge is 2.54.